The highest BCUT2D eigenvalue weighted by molar-refractivity contribution is 8.15. The molecule has 1 saturated heterocycles. The summed E-state index contributed by atoms with van der Waals surface area (Å²) in [4.78, 5) is 30.8. The highest BCUT2D eigenvalue weighted by atomic mass is 35.5. The number of H-pyrrole nitrogens is 1. The van der Waals surface area contributed by atoms with Crippen LogP contribution in [-0.4, -0.2) is 26.4 Å². The summed E-state index contributed by atoms with van der Waals surface area (Å²) in [6, 6.07) is 16.9. The molecule has 2 N–H and O–H groups in total. The van der Waals surface area contributed by atoms with E-state index in [1.165, 1.54) is 12.1 Å². The topological polar surface area (TPSA) is 93.3 Å². The third-order valence-electron chi connectivity index (χ3n) is 5.70. The molecular weight excluding hydrogens is 543 g/mol. The van der Waals surface area contributed by atoms with Crippen molar-refractivity contribution in [2.24, 2.45) is 0 Å². The van der Waals surface area contributed by atoms with E-state index in [4.69, 9.17) is 9.47 Å². The van der Waals surface area contributed by atoms with E-state index in [0.29, 0.717) is 34.8 Å². The molecule has 198 valence electrons. The van der Waals surface area contributed by atoms with Gasteiger partial charge in [-0.2, -0.15) is 13.2 Å². The number of alkyl halides is 3. The molecule has 2 amide bonds. The van der Waals surface area contributed by atoms with Gasteiger partial charge in [0, 0.05) is 6.07 Å². The second-order valence-corrected chi connectivity index (χ2v) is 9.59. The number of ether oxygens (including phenoxy) is 2. The first-order valence-corrected chi connectivity index (χ1v) is 12.1. The highest BCUT2D eigenvalue weighted by Crippen LogP contribution is 2.32. The number of aromatic nitrogens is 2. The summed E-state index contributed by atoms with van der Waals surface area (Å²) in [5.74, 6) is 1.65. The number of aromatic amines is 1. The Labute approximate surface area is 225 Å². The van der Waals surface area contributed by atoms with Crippen LogP contribution in [0, 0.1) is 0 Å². The van der Waals surface area contributed by atoms with Crippen LogP contribution >= 0.6 is 24.2 Å². The minimum Gasteiger partial charge on any atom is -0.483 e. The number of fused-ring (bicyclic) bond motifs is 1. The van der Waals surface area contributed by atoms with Crippen LogP contribution in [0.15, 0.2) is 66.7 Å². The van der Waals surface area contributed by atoms with Crippen molar-refractivity contribution in [3.05, 3.63) is 83.7 Å². The Morgan fingerprint density at radius 3 is 2.26 bits per heavy atom. The number of thioether (sulfide) groups is 1. The highest BCUT2D eigenvalue weighted by Gasteiger charge is 2.31. The Hall–Kier alpha value is -3.70. The summed E-state index contributed by atoms with van der Waals surface area (Å²) in [6.07, 6.45) is -4.37. The third kappa shape index (κ3) is 6.22. The van der Waals surface area contributed by atoms with Crippen LogP contribution in [0.4, 0.5) is 18.0 Å². The zero-order valence-corrected chi connectivity index (χ0v) is 21.4. The van der Waals surface area contributed by atoms with E-state index in [-0.39, 0.29) is 29.3 Å². The second-order valence-electron chi connectivity index (χ2n) is 8.42. The van der Waals surface area contributed by atoms with Crippen LogP contribution in [-0.2, 0) is 17.4 Å². The van der Waals surface area contributed by atoms with Gasteiger partial charge < -0.3 is 14.5 Å². The predicted octanol–water partition coefficient (Wildman–Crippen LogP) is 6.83. The van der Waals surface area contributed by atoms with Crippen LogP contribution in [0.2, 0.25) is 0 Å². The van der Waals surface area contributed by atoms with Gasteiger partial charge in [-0.05, 0) is 67.4 Å². The lowest BCUT2D eigenvalue weighted by Gasteiger charge is -2.13. The number of hydrogen-bond acceptors (Lipinski definition) is 6. The number of nitrogens with zero attached hydrogens (tertiary/aromatic N) is 1. The molecule has 1 aromatic heterocycles. The molecule has 5 rings (SSSR count). The molecule has 0 radical (unpaired) electrons. The van der Waals surface area contributed by atoms with Gasteiger partial charge in [0.1, 0.15) is 23.1 Å². The van der Waals surface area contributed by atoms with Crippen molar-refractivity contribution in [2.75, 3.05) is 0 Å². The normalized spacial score (nSPS) is 16.2. The molecule has 1 aliphatic rings. The molecule has 3 aromatic carbocycles. The van der Waals surface area contributed by atoms with Crippen molar-refractivity contribution in [1.82, 2.24) is 15.3 Å². The van der Waals surface area contributed by atoms with Gasteiger partial charge in [-0.25, -0.2) is 4.98 Å². The van der Waals surface area contributed by atoms with E-state index in [0.717, 1.165) is 29.5 Å². The molecule has 1 aliphatic heterocycles. The number of carbonyl (C=O) groups excluding carboxylic acids is 2. The number of amides is 2. The number of hydrogen-bond donors (Lipinski definition) is 2. The Morgan fingerprint density at radius 2 is 1.63 bits per heavy atom. The second kappa shape index (κ2) is 11.0. The number of carbonyl (C=O) groups is 2. The number of nitrogens with one attached hydrogen (secondary N) is 2. The lowest BCUT2D eigenvalue weighted by atomic mass is 10.1. The van der Waals surface area contributed by atoms with Gasteiger partial charge >= 0.3 is 6.18 Å². The van der Waals surface area contributed by atoms with Gasteiger partial charge in [-0.3, -0.25) is 14.9 Å². The number of halogens is 4. The van der Waals surface area contributed by atoms with E-state index in [1.54, 1.807) is 30.3 Å². The van der Waals surface area contributed by atoms with Gasteiger partial charge in [0.05, 0.1) is 21.8 Å². The number of imide groups is 1. The first-order chi connectivity index (χ1) is 17.6. The fraction of sp³-hybridized carbons (Fsp3) is 0.192. The van der Waals surface area contributed by atoms with Gasteiger partial charge in [0.15, 0.2) is 6.10 Å². The number of imidazole rings is 1. The van der Waals surface area contributed by atoms with E-state index < -0.39 is 23.1 Å². The Kier molecular flexibility index (Phi) is 7.89. The summed E-state index contributed by atoms with van der Waals surface area (Å²) in [7, 11) is 0. The first kappa shape index (κ1) is 27.3. The van der Waals surface area contributed by atoms with E-state index >= 15 is 0 Å². The summed E-state index contributed by atoms with van der Waals surface area (Å²) in [5.41, 5.74) is 1.54. The van der Waals surface area contributed by atoms with E-state index in [2.05, 4.69) is 15.3 Å². The summed E-state index contributed by atoms with van der Waals surface area (Å²) in [5, 5.41) is 1.53. The lowest BCUT2D eigenvalue weighted by Crippen LogP contribution is -2.25. The van der Waals surface area contributed by atoms with Crippen molar-refractivity contribution < 1.29 is 32.2 Å². The maximum absolute atomic E-state index is 12.8. The zero-order valence-electron chi connectivity index (χ0n) is 19.7. The molecule has 0 spiro atoms. The van der Waals surface area contributed by atoms with Crippen molar-refractivity contribution >= 4 is 46.3 Å². The van der Waals surface area contributed by atoms with Gasteiger partial charge in [-0.15, -0.1) is 12.4 Å². The quantitative estimate of drug-likeness (QED) is 0.256. The van der Waals surface area contributed by atoms with E-state index in [9.17, 15) is 22.8 Å². The van der Waals surface area contributed by atoms with E-state index in [1.807, 2.05) is 19.1 Å². The van der Waals surface area contributed by atoms with Crippen LogP contribution in [0.25, 0.3) is 11.0 Å². The molecule has 7 nitrogen and oxygen atoms in total. The van der Waals surface area contributed by atoms with Crippen LogP contribution in [0.5, 0.6) is 17.2 Å². The minimum atomic E-state index is -4.40. The monoisotopic (exact) mass is 563 g/mol. The number of benzene rings is 3. The Bertz CT molecular complexity index is 1460. The standard InChI is InChI=1S/C26H20F3N3O4S.ClH/c1-14(35-17-6-2-15(3-7-17)12-22-24(33)32-25(34)37-22)23-30-20-11-10-19(13-21(20)31-23)36-18-8-4-16(5-9-18)26(27,28)29;/h2-11,13-14,22H,12H2,1H3,(H,30,31)(H,32,33,34);1H. The maximum atomic E-state index is 12.8. The molecule has 0 aliphatic carbocycles. The first-order valence-electron chi connectivity index (χ1n) is 11.3. The average Bonchev–Trinajstić information content (AvgIpc) is 3.42. The van der Waals surface area contributed by atoms with Crippen molar-refractivity contribution in [3.63, 3.8) is 0 Å². The molecule has 2 heterocycles. The van der Waals surface area contributed by atoms with Crippen molar-refractivity contribution in [3.8, 4) is 17.2 Å². The fourth-order valence-corrected chi connectivity index (χ4v) is 4.68. The smallest absolute Gasteiger partial charge is 0.416 e. The largest absolute Gasteiger partial charge is 0.483 e. The molecule has 12 heteroatoms. The molecule has 1 fully saturated rings. The van der Waals surface area contributed by atoms with Crippen molar-refractivity contribution in [2.45, 2.75) is 30.9 Å². The van der Waals surface area contributed by atoms with Gasteiger partial charge in [0.25, 0.3) is 5.24 Å². The molecule has 4 aromatic rings. The maximum Gasteiger partial charge on any atom is 0.416 e. The minimum absolute atomic E-state index is 0. The van der Waals surface area contributed by atoms with Crippen molar-refractivity contribution in [1.29, 1.82) is 0 Å². The summed E-state index contributed by atoms with van der Waals surface area (Å²) in [6.45, 7) is 1.84. The molecule has 2 atom stereocenters. The van der Waals surface area contributed by atoms with Crippen LogP contribution in [0.1, 0.15) is 30.0 Å². The summed E-state index contributed by atoms with van der Waals surface area (Å²) < 4.78 is 50.0. The average molecular weight is 564 g/mol. The SMILES string of the molecule is CC(Oc1ccc(CC2SC(=O)NC2=O)cc1)c1nc2ccc(Oc3ccc(C(F)(F)F)cc3)cc2[nH]1.Cl. The molecule has 2 unspecified atom stereocenters. The molecule has 0 saturated carbocycles. The Morgan fingerprint density at radius 1 is 0.974 bits per heavy atom. The van der Waals surface area contributed by atoms with Gasteiger partial charge in [-0.1, -0.05) is 23.9 Å². The van der Waals surface area contributed by atoms with Crippen LogP contribution < -0.4 is 14.8 Å². The summed E-state index contributed by atoms with van der Waals surface area (Å²) >= 11 is 0.992. The van der Waals surface area contributed by atoms with Crippen LogP contribution in [0.3, 0.4) is 0 Å². The fourth-order valence-electron chi connectivity index (χ4n) is 3.82. The third-order valence-corrected chi connectivity index (χ3v) is 6.68. The molecule has 38 heavy (non-hydrogen) atoms. The van der Waals surface area contributed by atoms with Gasteiger partial charge in [0.2, 0.25) is 5.91 Å². The Balaban J connectivity index is 0.00000336. The predicted molar refractivity (Wildman–Crippen MR) is 139 cm³/mol. The number of rotatable bonds is 7. The lowest BCUT2D eigenvalue weighted by molar-refractivity contribution is -0.137. The molecule has 0 bridgehead atoms. The molecular formula is C26H21ClF3N3O4S. The zero-order chi connectivity index (χ0) is 26.2.